The van der Waals surface area contributed by atoms with Gasteiger partial charge in [-0.15, -0.1) is 6.42 Å². The van der Waals surface area contributed by atoms with Gasteiger partial charge in [-0.2, -0.15) is 0 Å². The van der Waals surface area contributed by atoms with Gasteiger partial charge in [0, 0.05) is 22.7 Å². The van der Waals surface area contributed by atoms with Crippen molar-refractivity contribution in [2.24, 2.45) is 0 Å². The van der Waals surface area contributed by atoms with E-state index in [4.69, 9.17) is 32.3 Å². The van der Waals surface area contributed by atoms with E-state index in [1.807, 2.05) is 0 Å². The van der Waals surface area contributed by atoms with Gasteiger partial charge in [0.05, 0.1) is 48.2 Å². The van der Waals surface area contributed by atoms with E-state index in [9.17, 15) is 0 Å². The van der Waals surface area contributed by atoms with E-state index in [1.54, 1.807) is 24.3 Å². The second-order valence-electron chi connectivity index (χ2n) is 5.41. The van der Waals surface area contributed by atoms with Gasteiger partial charge in [0.15, 0.2) is 11.5 Å². The van der Waals surface area contributed by atoms with Crippen LogP contribution in [-0.4, -0.2) is 49.3 Å². The van der Waals surface area contributed by atoms with Gasteiger partial charge in [-0.3, -0.25) is 0 Å². The highest BCUT2D eigenvalue weighted by Gasteiger charge is 2.13. The molecule has 2 heterocycles. The third-order valence-corrected chi connectivity index (χ3v) is 3.64. The molecule has 2 aromatic carbocycles. The molecule has 0 unspecified atom stereocenters. The predicted octanol–water partition coefficient (Wildman–Crippen LogP) is 3.16. The molecule has 148 valence electrons. The standard InChI is InChI=1S/C22H21N3O4/c1-2-16-4-3-5-17(12-16)25-22-18-13-20-21(14-19(18)23-15-24-22)29-11-9-27-7-6-26-8-10-28-20/h1,3-5,12-15H,6-11H2,(H,23,24,25)/i6D2,7D2,8D2,9D2,10D2,11D2. The van der Waals surface area contributed by atoms with Gasteiger partial charge < -0.3 is 24.3 Å². The lowest BCUT2D eigenvalue weighted by atomic mass is 10.2. The minimum Gasteiger partial charge on any atom is -0.487 e. The van der Waals surface area contributed by atoms with Gasteiger partial charge in [-0.1, -0.05) is 12.0 Å². The van der Waals surface area contributed by atoms with Crippen molar-refractivity contribution in [2.75, 3.05) is 44.7 Å². The number of anilines is 2. The average Bonchev–Trinajstić information content (AvgIpc) is 2.82. The van der Waals surface area contributed by atoms with Gasteiger partial charge in [0.25, 0.3) is 0 Å². The molecular formula is C22H21N3O4. The van der Waals surface area contributed by atoms with Crippen LogP contribution in [0.1, 0.15) is 22.0 Å². The summed E-state index contributed by atoms with van der Waals surface area (Å²) in [5, 5.41) is 3.14. The number of fused-ring (bicyclic) bond motifs is 2. The van der Waals surface area contributed by atoms with Crippen LogP contribution >= 0.6 is 0 Å². The van der Waals surface area contributed by atoms with Crippen molar-refractivity contribution in [3.63, 3.8) is 0 Å². The summed E-state index contributed by atoms with van der Waals surface area (Å²) in [5.41, 5.74) is 1.12. The summed E-state index contributed by atoms with van der Waals surface area (Å²) in [5.74, 6) is 1.25. The highest BCUT2D eigenvalue weighted by Crippen LogP contribution is 2.35. The van der Waals surface area contributed by atoms with Crippen LogP contribution in [0.2, 0.25) is 0 Å². The summed E-state index contributed by atoms with van der Waals surface area (Å²) in [6.07, 6.45) is 6.59. The lowest BCUT2D eigenvalue weighted by molar-refractivity contribution is 0.0224. The maximum Gasteiger partial charge on any atom is 0.163 e. The third-order valence-electron chi connectivity index (χ3n) is 3.64. The van der Waals surface area contributed by atoms with Crippen LogP contribution in [0, 0.1) is 12.3 Å². The van der Waals surface area contributed by atoms with Crippen LogP contribution in [0.15, 0.2) is 42.7 Å². The molecule has 0 radical (unpaired) electrons. The Morgan fingerprint density at radius 2 is 1.66 bits per heavy atom. The molecule has 1 aromatic heterocycles. The fourth-order valence-electron chi connectivity index (χ4n) is 2.43. The number of nitrogens with zero attached hydrogens (tertiary/aromatic N) is 2. The number of aromatic nitrogens is 2. The fraction of sp³-hybridized carbons (Fsp3) is 0.273. The Morgan fingerprint density at radius 3 is 2.41 bits per heavy atom. The zero-order valence-corrected chi connectivity index (χ0v) is 14.6. The zero-order valence-electron chi connectivity index (χ0n) is 26.6. The van der Waals surface area contributed by atoms with E-state index in [0.29, 0.717) is 11.3 Å². The molecule has 1 aliphatic rings. The predicted molar refractivity (Wildman–Crippen MR) is 110 cm³/mol. The maximum absolute atomic E-state index is 8.19. The topological polar surface area (TPSA) is 74.7 Å². The molecule has 7 heteroatoms. The number of ether oxygens (including phenoxy) is 4. The number of benzene rings is 2. The maximum atomic E-state index is 8.19. The Hall–Kier alpha value is -3.34. The summed E-state index contributed by atoms with van der Waals surface area (Å²) in [4.78, 5) is 8.23. The molecule has 0 saturated carbocycles. The first-order valence-electron chi connectivity index (χ1n) is 14.1. The Kier molecular flexibility index (Phi) is 3.01. The van der Waals surface area contributed by atoms with E-state index in [-0.39, 0.29) is 16.7 Å². The summed E-state index contributed by atoms with van der Waals surface area (Å²) >= 11 is 0. The Labute approximate surface area is 185 Å². The number of rotatable bonds is 2. The summed E-state index contributed by atoms with van der Waals surface area (Å²) < 4.78 is 115. The lowest BCUT2D eigenvalue weighted by Crippen LogP contribution is -2.15. The van der Waals surface area contributed by atoms with Crippen LogP contribution in [-0.2, 0) is 9.47 Å². The lowest BCUT2D eigenvalue weighted by Gasteiger charge is -2.16. The van der Waals surface area contributed by atoms with Crippen LogP contribution in [0.25, 0.3) is 10.9 Å². The van der Waals surface area contributed by atoms with Crippen molar-refractivity contribution in [3.8, 4) is 23.8 Å². The molecule has 1 aliphatic heterocycles. The minimum atomic E-state index is -3.86. The minimum absolute atomic E-state index is 0.0637. The molecule has 4 rings (SSSR count). The van der Waals surface area contributed by atoms with Gasteiger partial charge in [0.2, 0.25) is 0 Å². The van der Waals surface area contributed by atoms with Crippen molar-refractivity contribution >= 4 is 22.4 Å². The molecule has 0 atom stereocenters. The monoisotopic (exact) mass is 403 g/mol. The molecule has 7 nitrogen and oxygen atoms in total. The molecule has 0 amide bonds. The third kappa shape index (κ3) is 4.74. The quantitative estimate of drug-likeness (QED) is 0.659. The molecule has 1 N–H and O–H groups in total. The van der Waals surface area contributed by atoms with Crippen LogP contribution in [0.3, 0.4) is 0 Å². The second kappa shape index (κ2) is 9.24. The molecule has 0 fully saturated rings. The number of nitrogens with one attached hydrogen (secondary N) is 1. The Bertz CT molecular complexity index is 1530. The molecular weight excluding hydrogens is 370 g/mol. The zero-order chi connectivity index (χ0) is 30.6. The normalized spacial score (nSPS) is 31.6. The first-order chi connectivity index (χ1) is 18.7. The first-order valence-corrected chi connectivity index (χ1v) is 8.11. The SMILES string of the molecule is [2H]C1([2H])Oc2cc3ncnc(Nc4cccc(C#C)c4)c3cc2OC([2H])([2H])C([2H])([2H])OC([2H])([2H])C([2H])([2H])OC1([2H])[2H]. The second-order valence-corrected chi connectivity index (χ2v) is 5.41. The van der Waals surface area contributed by atoms with Crippen LogP contribution in [0.5, 0.6) is 11.5 Å². The number of hydrogen-bond donors (Lipinski definition) is 1. The van der Waals surface area contributed by atoms with Crippen molar-refractivity contribution < 1.29 is 35.4 Å². The van der Waals surface area contributed by atoms with E-state index < -0.39 is 50.9 Å². The highest BCUT2D eigenvalue weighted by molar-refractivity contribution is 5.93. The van der Waals surface area contributed by atoms with Gasteiger partial charge in [-0.05, 0) is 24.3 Å². The van der Waals surface area contributed by atoms with Gasteiger partial charge >= 0.3 is 0 Å². The molecule has 29 heavy (non-hydrogen) atoms. The smallest absolute Gasteiger partial charge is 0.163 e. The highest BCUT2D eigenvalue weighted by atomic mass is 16.6. The molecule has 0 bridgehead atoms. The summed E-state index contributed by atoms with van der Waals surface area (Å²) in [6, 6.07) is 8.79. The van der Waals surface area contributed by atoms with Crippen molar-refractivity contribution in [1.29, 1.82) is 0 Å². The molecule has 3 aromatic rings. The van der Waals surface area contributed by atoms with Gasteiger partial charge in [0.1, 0.15) is 25.3 Å². The Balaban J connectivity index is 1.91. The number of hydrogen-bond acceptors (Lipinski definition) is 7. The van der Waals surface area contributed by atoms with Gasteiger partial charge in [-0.25, -0.2) is 9.97 Å². The fourth-order valence-corrected chi connectivity index (χ4v) is 2.43. The Morgan fingerprint density at radius 1 is 0.931 bits per heavy atom. The van der Waals surface area contributed by atoms with E-state index in [0.717, 1.165) is 18.5 Å². The summed E-state index contributed by atoms with van der Waals surface area (Å²) in [7, 11) is 0. The molecule has 0 aliphatic carbocycles. The van der Waals surface area contributed by atoms with Crippen molar-refractivity contribution in [1.82, 2.24) is 9.97 Å². The van der Waals surface area contributed by atoms with E-state index in [2.05, 4.69) is 30.7 Å². The van der Waals surface area contributed by atoms with Crippen molar-refractivity contribution in [2.45, 2.75) is 0 Å². The largest absolute Gasteiger partial charge is 0.487 e. The summed E-state index contributed by atoms with van der Waals surface area (Å²) in [6.45, 7) is -22.3. The van der Waals surface area contributed by atoms with E-state index in [1.165, 1.54) is 0 Å². The number of terminal acetylenes is 1. The average molecular weight is 404 g/mol. The van der Waals surface area contributed by atoms with Crippen molar-refractivity contribution in [3.05, 3.63) is 48.3 Å². The first kappa shape index (κ1) is 9.44. The molecule has 0 spiro atoms. The van der Waals surface area contributed by atoms with Crippen LogP contribution < -0.4 is 14.8 Å². The van der Waals surface area contributed by atoms with E-state index >= 15 is 0 Å². The molecule has 0 saturated heterocycles. The van der Waals surface area contributed by atoms with Crippen LogP contribution in [0.4, 0.5) is 11.5 Å².